The van der Waals surface area contributed by atoms with E-state index in [1.54, 1.807) is 18.5 Å². The number of nitrogens with zero attached hydrogens (tertiary/aromatic N) is 5. The van der Waals surface area contributed by atoms with Gasteiger partial charge < -0.3 is 10.2 Å². The molecule has 0 bridgehead atoms. The van der Waals surface area contributed by atoms with E-state index in [1.807, 2.05) is 30.3 Å². The van der Waals surface area contributed by atoms with Gasteiger partial charge in [-0.1, -0.05) is 24.3 Å². The molecular formula is C29H27FN6O. The number of halogens is 1. The molecule has 0 spiro atoms. The Morgan fingerprint density at radius 1 is 0.973 bits per heavy atom. The highest BCUT2D eigenvalue weighted by Crippen LogP contribution is 2.37. The molecule has 1 N–H and O–H groups in total. The lowest BCUT2D eigenvalue weighted by molar-refractivity contribution is -0.115. The van der Waals surface area contributed by atoms with Crippen molar-refractivity contribution in [1.29, 1.82) is 0 Å². The topological polar surface area (TPSA) is 73.7 Å². The van der Waals surface area contributed by atoms with Crippen molar-refractivity contribution >= 4 is 34.0 Å². The maximum absolute atomic E-state index is 13.9. The van der Waals surface area contributed by atoms with Gasteiger partial charge in [0.05, 0.1) is 22.4 Å². The predicted octanol–water partition coefficient (Wildman–Crippen LogP) is 4.37. The highest BCUT2D eigenvalue weighted by atomic mass is 19.1. The Kier molecular flexibility index (Phi) is 6.20. The minimum Gasteiger partial charge on any atom is -0.325 e. The third kappa shape index (κ3) is 4.85. The summed E-state index contributed by atoms with van der Waals surface area (Å²) < 4.78 is 13.9. The molecule has 0 radical (unpaired) electrons. The first-order valence-electron chi connectivity index (χ1n) is 12.4. The van der Waals surface area contributed by atoms with Gasteiger partial charge in [0.1, 0.15) is 11.7 Å². The number of anilines is 1. The zero-order valence-electron chi connectivity index (χ0n) is 20.6. The van der Waals surface area contributed by atoms with Crippen molar-refractivity contribution in [2.75, 3.05) is 38.5 Å². The molecule has 2 aliphatic rings. The lowest BCUT2D eigenvalue weighted by Crippen LogP contribution is -2.43. The predicted molar refractivity (Wildman–Crippen MR) is 143 cm³/mol. The van der Waals surface area contributed by atoms with Crippen LogP contribution in [0.5, 0.6) is 0 Å². The van der Waals surface area contributed by atoms with Gasteiger partial charge in [0.15, 0.2) is 0 Å². The molecule has 1 aromatic heterocycles. The van der Waals surface area contributed by atoms with Crippen LogP contribution in [0, 0.1) is 5.82 Å². The van der Waals surface area contributed by atoms with E-state index in [-0.39, 0.29) is 5.91 Å². The van der Waals surface area contributed by atoms with Gasteiger partial charge in [-0.2, -0.15) is 0 Å². The van der Waals surface area contributed by atoms with E-state index >= 15 is 0 Å². The molecule has 1 unspecified atom stereocenters. The van der Waals surface area contributed by atoms with Gasteiger partial charge in [-0.15, -0.1) is 0 Å². The zero-order valence-corrected chi connectivity index (χ0v) is 20.6. The SMILES string of the molecule is CN1CCN(Cc2ccc(N=C(c3ccc4nccnc4c3)C3C(=O)Nc4cc(F)ccc43)cc2)CC1. The first-order chi connectivity index (χ1) is 18.0. The second-order valence-corrected chi connectivity index (χ2v) is 9.66. The number of rotatable bonds is 5. The Morgan fingerprint density at radius 3 is 2.51 bits per heavy atom. The summed E-state index contributed by atoms with van der Waals surface area (Å²) >= 11 is 0. The Balaban J connectivity index is 1.37. The van der Waals surface area contributed by atoms with Crippen LogP contribution in [0.15, 0.2) is 78.0 Å². The molecule has 4 aromatic rings. The fourth-order valence-corrected chi connectivity index (χ4v) is 5.00. The van der Waals surface area contributed by atoms with Crippen LogP contribution >= 0.6 is 0 Å². The molecule has 6 rings (SSSR count). The standard InChI is InChI=1S/C29H27FN6O/c1-35-12-14-36(15-13-35)18-19-2-6-22(7-3-19)33-28(20-4-9-24-26(16-20)32-11-10-31-24)27-23-8-5-21(30)17-25(23)34-29(27)37/h2-11,16-17,27H,12-15,18H2,1H3,(H,34,37). The lowest BCUT2D eigenvalue weighted by Gasteiger charge is -2.32. The van der Waals surface area contributed by atoms with E-state index < -0.39 is 11.7 Å². The van der Waals surface area contributed by atoms with Gasteiger partial charge >= 0.3 is 0 Å². The molecule has 1 amide bonds. The number of carbonyl (C=O) groups excluding carboxylic acids is 1. The molecule has 2 aliphatic heterocycles. The van der Waals surface area contributed by atoms with Crippen LogP contribution in [0.4, 0.5) is 15.8 Å². The summed E-state index contributed by atoms with van der Waals surface area (Å²) in [5, 5.41) is 2.82. The summed E-state index contributed by atoms with van der Waals surface area (Å²) in [5.74, 6) is -1.30. The number of hydrogen-bond acceptors (Lipinski definition) is 6. The third-order valence-electron chi connectivity index (χ3n) is 7.07. The number of carbonyl (C=O) groups is 1. The van der Waals surface area contributed by atoms with E-state index in [2.05, 4.69) is 44.3 Å². The average Bonchev–Trinajstić information content (AvgIpc) is 3.23. The van der Waals surface area contributed by atoms with E-state index in [0.29, 0.717) is 22.5 Å². The average molecular weight is 495 g/mol. The minimum absolute atomic E-state index is 0.231. The number of aliphatic imine (C=N–C) groups is 1. The third-order valence-corrected chi connectivity index (χ3v) is 7.07. The van der Waals surface area contributed by atoms with Gasteiger partial charge in [-0.05, 0) is 60.1 Å². The maximum Gasteiger partial charge on any atom is 0.238 e. The molecule has 1 atom stereocenters. The molecule has 37 heavy (non-hydrogen) atoms. The highest BCUT2D eigenvalue weighted by Gasteiger charge is 2.35. The van der Waals surface area contributed by atoms with Gasteiger partial charge in [-0.25, -0.2) is 4.39 Å². The van der Waals surface area contributed by atoms with Crippen LogP contribution < -0.4 is 5.32 Å². The number of aromatic nitrogens is 2. The minimum atomic E-state index is -0.672. The quantitative estimate of drug-likeness (QED) is 0.417. The number of amides is 1. The Labute approximate surface area is 214 Å². The van der Waals surface area contributed by atoms with Crippen LogP contribution in [0.1, 0.15) is 22.6 Å². The highest BCUT2D eigenvalue weighted by molar-refractivity contribution is 6.24. The number of piperazine rings is 1. The van der Waals surface area contributed by atoms with Crippen molar-refractivity contribution in [2.24, 2.45) is 4.99 Å². The van der Waals surface area contributed by atoms with Crippen molar-refractivity contribution in [2.45, 2.75) is 12.5 Å². The molecule has 1 fully saturated rings. The zero-order chi connectivity index (χ0) is 25.4. The van der Waals surface area contributed by atoms with Gasteiger partial charge in [0, 0.05) is 50.8 Å². The van der Waals surface area contributed by atoms with Crippen LogP contribution in [0.3, 0.4) is 0 Å². The number of benzene rings is 3. The normalized spacial score (nSPS) is 18.7. The maximum atomic E-state index is 13.9. The summed E-state index contributed by atoms with van der Waals surface area (Å²) in [6.07, 6.45) is 3.29. The number of likely N-dealkylation sites (N-methyl/N-ethyl adjacent to an activating group) is 1. The van der Waals surface area contributed by atoms with E-state index in [1.165, 1.54) is 17.7 Å². The molecule has 0 aliphatic carbocycles. The van der Waals surface area contributed by atoms with Crippen molar-refractivity contribution in [3.8, 4) is 0 Å². The summed E-state index contributed by atoms with van der Waals surface area (Å²) in [6, 6.07) is 18.2. The van der Waals surface area contributed by atoms with E-state index in [4.69, 9.17) is 4.99 Å². The summed E-state index contributed by atoms with van der Waals surface area (Å²) in [4.78, 5) is 31.7. The molecule has 8 heteroatoms. The number of hydrogen-bond donors (Lipinski definition) is 1. The van der Waals surface area contributed by atoms with E-state index in [9.17, 15) is 9.18 Å². The Morgan fingerprint density at radius 2 is 1.73 bits per heavy atom. The number of nitrogens with one attached hydrogen (secondary N) is 1. The molecule has 7 nitrogen and oxygen atoms in total. The molecule has 1 saturated heterocycles. The molecule has 3 aromatic carbocycles. The first-order valence-corrected chi connectivity index (χ1v) is 12.4. The van der Waals surface area contributed by atoms with Crippen LogP contribution in [-0.4, -0.2) is 64.6 Å². The fourth-order valence-electron chi connectivity index (χ4n) is 5.00. The van der Waals surface area contributed by atoms with Crippen molar-refractivity contribution < 1.29 is 9.18 Å². The summed E-state index contributed by atoms with van der Waals surface area (Å²) in [7, 11) is 2.16. The second kappa shape index (κ2) is 9.80. The van der Waals surface area contributed by atoms with E-state index in [0.717, 1.165) is 49.5 Å². The Bertz CT molecular complexity index is 1490. The van der Waals surface area contributed by atoms with Crippen molar-refractivity contribution in [3.63, 3.8) is 0 Å². The van der Waals surface area contributed by atoms with Gasteiger partial charge in [-0.3, -0.25) is 24.7 Å². The first kappa shape index (κ1) is 23.4. The summed E-state index contributed by atoms with van der Waals surface area (Å²) in [5.41, 5.74) is 5.99. The van der Waals surface area contributed by atoms with Crippen molar-refractivity contribution in [3.05, 3.63) is 95.6 Å². The molecular weight excluding hydrogens is 467 g/mol. The molecule has 186 valence electrons. The smallest absolute Gasteiger partial charge is 0.238 e. The molecule has 0 saturated carbocycles. The van der Waals surface area contributed by atoms with Gasteiger partial charge in [0.25, 0.3) is 0 Å². The summed E-state index contributed by atoms with van der Waals surface area (Å²) in [6.45, 7) is 5.18. The monoisotopic (exact) mass is 494 g/mol. The van der Waals surface area contributed by atoms with Crippen LogP contribution in [0.2, 0.25) is 0 Å². The Hall–Kier alpha value is -4.01. The van der Waals surface area contributed by atoms with Crippen molar-refractivity contribution in [1.82, 2.24) is 19.8 Å². The van der Waals surface area contributed by atoms with Gasteiger partial charge in [0.2, 0.25) is 5.91 Å². The molecule has 3 heterocycles. The fraction of sp³-hybridized carbons (Fsp3) is 0.241. The second-order valence-electron chi connectivity index (χ2n) is 9.66. The largest absolute Gasteiger partial charge is 0.325 e. The van der Waals surface area contributed by atoms with Crippen LogP contribution in [-0.2, 0) is 11.3 Å². The lowest BCUT2D eigenvalue weighted by atomic mass is 9.90. The van der Waals surface area contributed by atoms with Crippen LogP contribution in [0.25, 0.3) is 11.0 Å². The number of fused-ring (bicyclic) bond motifs is 2.